The lowest BCUT2D eigenvalue weighted by Crippen LogP contribution is -2.27. The van der Waals surface area contributed by atoms with Gasteiger partial charge in [-0.05, 0) is 24.8 Å². The van der Waals surface area contributed by atoms with Crippen LogP contribution in [0.1, 0.15) is 34.6 Å². The summed E-state index contributed by atoms with van der Waals surface area (Å²) >= 11 is 1.25. The first kappa shape index (κ1) is 12.5. The number of thioether (sulfide) groups is 1. The van der Waals surface area contributed by atoms with Crippen molar-refractivity contribution < 1.29 is 9.59 Å². The van der Waals surface area contributed by atoms with E-state index in [4.69, 9.17) is 0 Å². The highest BCUT2D eigenvalue weighted by atomic mass is 32.2. The van der Waals surface area contributed by atoms with Gasteiger partial charge in [0.15, 0.2) is 10.9 Å². The van der Waals surface area contributed by atoms with Crippen LogP contribution in [0.15, 0.2) is 11.1 Å². The molecule has 1 unspecified atom stereocenters. The maximum Gasteiger partial charge on any atom is 0.185 e. The summed E-state index contributed by atoms with van der Waals surface area (Å²) in [6.45, 7) is 9.62. The lowest BCUT2D eigenvalue weighted by atomic mass is 9.78. The van der Waals surface area contributed by atoms with Crippen molar-refractivity contribution in [2.45, 2.75) is 34.6 Å². The van der Waals surface area contributed by atoms with Crippen LogP contribution < -0.4 is 0 Å². The predicted octanol–water partition coefficient (Wildman–Crippen LogP) is 2.83. The molecule has 0 bridgehead atoms. The largest absolute Gasteiger partial charge is 0.294 e. The van der Waals surface area contributed by atoms with Crippen molar-refractivity contribution in [2.75, 3.05) is 5.75 Å². The summed E-state index contributed by atoms with van der Waals surface area (Å²) in [6.07, 6.45) is 0. The van der Waals surface area contributed by atoms with Gasteiger partial charge in [0.25, 0.3) is 0 Å². The number of hydrogen-bond acceptors (Lipinski definition) is 3. The summed E-state index contributed by atoms with van der Waals surface area (Å²) in [5, 5.41) is 0.0841. The number of Topliss-reactive ketones (excluding diaryl/α,β-unsaturated/α-hetero) is 1. The molecule has 0 fully saturated rings. The Balaban J connectivity index is 2.85. The van der Waals surface area contributed by atoms with E-state index in [1.54, 1.807) is 6.92 Å². The van der Waals surface area contributed by atoms with E-state index in [9.17, 15) is 9.59 Å². The van der Waals surface area contributed by atoms with E-state index in [1.165, 1.54) is 17.3 Å². The van der Waals surface area contributed by atoms with E-state index >= 15 is 0 Å². The Morgan fingerprint density at radius 2 is 1.93 bits per heavy atom. The van der Waals surface area contributed by atoms with Crippen LogP contribution in [-0.4, -0.2) is 16.7 Å². The van der Waals surface area contributed by atoms with Gasteiger partial charge < -0.3 is 0 Å². The Labute approximate surface area is 95.5 Å². The summed E-state index contributed by atoms with van der Waals surface area (Å²) in [5.74, 6) is 0.785. The van der Waals surface area contributed by atoms with Crippen molar-refractivity contribution in [2.24, 2.45) is 11.3 Å². The SMILES string of the molecule is CC(=O)SCC1C(=O)C(C)=C(C)C1(C)C. The Morgan fingerprint density at radius 1 is 1.40 bits per heavy atom. The Kier molecular flexibility index (Phi) is 3.44. The summed E-state index contributed by atoms with van der Waals surface area (Å²) in [4.78, 5) is 22.9. The molecule has 0 saturated heterocycles. The highest BCUT2D eigenvalue weighted by Crippen LogP contribution is 2.45. The molecule has 1 rings (SSSR count). The van der Waals surface area contributed by atoms with Crippen molar-refractivity contribution >= 4 is 22.7 Å². The van der Waals surface area contributed by atoms with Crippen molar-refractivity contribution in [3.8, 4) is 0 Å². The maximum atomic E-state index is 12.0. The number of rotatable bonds is 2. The van der Waals surface area contributed by atoms with Crippen molar-refractivity contribution in [1.29, 1.82) is 0 Å². The summed E-state index contributed by atoms with van der Waals surface area (Å²) in [5.41, 5.74) is 1.96. The van der Waals surface area contributed by atoms with Crippen LogP contribution in [0.25, 0.3) is 0 Å². The van der Waals surface area contributed by atoms with Gasteiger partial charge in [0.2, 0.25) is 0 Å². The highest BCUT2D eigenvalue weighted by Gasteiger charge is 2.43. The third-order valence-corrected chi connectivity index (χ3v) is 4.45. The summed E-state index contributed by atoms with van der Waals surface area (Å²) in [7, 11) is 0. The fraction of sp³-hybridized carbons (Fsp3) is 0.667. The average molecular weight is 226 g/mol. The van der Waals surface area contributed by atoms with Gasteiger partial charge in [-0.25, -0.2) is 0 Å². The predicted molar refractivity (Wildman–Crippen MR) is 63.8 cm³/mol. The molecule has 0 radical (unpaired) electrons. The minimum Gasteiger partial charge on any atom is -0.294 e. The Morgan fingerprint density at radius 3 is 2.27 bits per heavy atom. The summed E-state index contributed by atoms with van der Waals surface area (Å²) in [6, 6.07) is 0. The van der Waals surface area contributed by atoms with E-state index in [2.05, 4.69) is 13.8 Å². The van der Waals surface area contributed by atoms with Gasteiger partial charge in [0.05, 0.1) is 0 Å². The number of ketones is 1. The van der Waals surface area contributed by atoms with E-state index in [1.807, 2.05) is 13.8 Å². The Bertz CT molecular complexity index is 340. The van der Waals surface area contributed by atoms with Crippen molar-refractivity contribution in [3.63, 3.8) is 0 Å². The van der Waals surface area contributed by atoms with Gasteiger partial charge in [-0.1, -0.05) is 31.2 Å². The molecule has 0 aromatic carbocycles. The second kappa shape index (κ2) is 4.12. The zero-order chi connectivity index (χ0) is 11.8. The molecular weight excluding hydrogens is 208 g/mol. The lowest BCUT2D eigenvalue weighted by Gasteiger charge is -2.27. The van der Waals surface area contributed by atoms with Crippen LogP contribution in [0.4, 0.5) is 0 Å². The monoisotopic (exact) mass is 226 g/mol. The fourth-order valence-corrected chi connectivity index (χ4v) is 2.97. The van der Waals surface area contributed by atoms with Crippen LogP contribution in [-0.2, 0) is 9.59 Å². The van der Waals surface area contributed by atoms with Gasteiger partial charge in [-0.15, -0.1) is 0 Å². The van der Waals surface area contributed by atoms with E-state index < -0.39 is 0 Å². The second-order valence-electron chi connectivity index (χ2n) is 4.69. The van der Waals surface area contributed by atoms with Gasteiger partial charge >= 0.3 is 0 Å². The quantitative estimate of drug-likeness (QED) is 0.726. The van der Waals surface area contributed by atoms with E-state index in [0.717, 1.165) is 5.57 Å². The normalized spacial score (nSPS) is 24.9. The lowest BCUT2D eigenvalue weighted by molar-refractivity contribution is -0.119. The molecule has 0 saturated carbocycles. The number of allylic oxidation sites excluding steroid dienone is 2. The molecule has 3 heteroatoms. The standard InChI is InChI=1S/C12H18O2S/c1-7-8(2)12(4,5)10(11(7)14)6-15-9(3)13/h10H,6H2,1-5H3. The van der Waals surface area contributed by atoms with Gasteiger partial charge in [-0.3, -0.25) is 9.59 Å². The van der Waals surface area contributed by atoms with E-state index in [-0.39, 0.29) is 22.2 Å². The Hall–Kier alpha value is -0.570. The molecule has 1 aliphatic rings. The molecule has 84 valence electrons. The number of hydrogen-bond donors (Lipinski definition) is 0. The zero-order valence-electron chi connectivity index (χ0n) is 10.0. The van der Waals surface area contributed by atoms with E-state index in [0.29, 0.717) is 5.75 Å². The zero-order valence-corrected chi connectivity index (χ0v) is 10.8. The van der Waals surface area contributed by atoms with Gasteiger partial charge in [-0.2, -0.15) is 0 Å². The molecule has 0 amide bonds. The third-order valence-electron chi connectivity index (χ3n) is 3.54. The fourth-order valence-electron chi connectivity index (χ4n) is 2.00. The third kappa shape index (κ3) is 2.17. The average Bonchev–Trinajstić information content (AvgIpc) is 2.26. The molecule has 0 heterocycles. The smallest absolute Gasteiger partial charge is 0.185 e. The minimum absolute atomic E-state index is 0.0357. The van der Waals surface area contributed by atoms with Crippen LogP contribution >= 0.6 is 11.8 Å². The second-order valence-corrected chi connectivity index (χ2v) is 5.89. The molecule has 0 N–H and O–H groups in total. The van der Waals surface area contributed by atoms with Crippen molar-refractivity contribution in [1.82, 2.24) is 0 Å². The van der Waals surface area contributed by atoms with Crippen LogP contribution in [0.2, 0.25) is 0 Å². The number of carbonyl (C=O) groups is 2. The highest BCUT2D eigenvalue weighted by molar-refractivity contribution is 8.13. The minimum atomic E-state index is -0.0936. The molecule has 0 aromatic heterocycles. The van der Waals surface area contributed by atoms with Crippen molar-refractivity contribution in [3.05, 3.63) is 11.1 Å². The topological polar surface area (TPSA) is 34.1 Å². The van der Waals surface area contributed by atoms with Gasteiger partial charge in [0, 0.05) is 18.6 Å². The maximum absolute atomic E-state index is 12.0. The number of carbonyl (C=O) groups excluding carboxylic acids is 2. The summed E-state index contributed by atoms with van der Waals surface area (Å²) < 4.78 is 0. The first-order valence-corrected chi connectivity index (χ1v) is 6.12. The molecule has 1 atom stereocenters. The van der Waals surface area contributed by atoms with Crippen LogP contribution in [0.3, 0.4) is 0 Å². The first-order valence-electron chi connectivity index (χ1n) is 5.14. The molecule has 2 nitrogen and oxygen atoms in total. The van der Waals surface area contributed by atoms with Crippen LogP contribution in [0.5, 0.6) is 0 Å². The molecule has 0 spiro atoms. The molecule has 1 aliphatic carbocycles. The molecule has 0 aliphatic heterocycles. The van der Waals surface area contributed by atoms with Gasteiger partial charge in [0.1, 0.15) is 0 Å². The molecular formula is C12H18O2S. The first-order chi connectivity index (χ1) is 6.78. The van der Waals surface area contributed by atoms with Crippen LogP contribution in [0, 0.1) is 11.3 Å². The molecule has 15 heavy (non-hydrogen) atoms. The molecule has 0 aromatic rings.